The van der Waals surface area contributed by atoms with Gasteiger partial charge in [0.1, 0.15) is 17.5 Å². The van der Waals surface area contributed by atoms with Crippen LogP contribution in [0.5, 0.6) is 5.75 Å². The molecule has 4 aromatic rings. The summed E-state index contributed by atoms with van der Waals surface area (Å²) in [6, 6.07) is 35.1. The zero-order valence-electron chi connectivity index (χ0n) is 17.5. The van der Waals surface area contributed by atoms with Gasteiger partial charge in [-0.3, -0.25) is 0 Å². The van der Waals surface area contributed by atoms with Gasteiger partial charge in [-0.25, -0.2) is 4.98 Å². The van der Waals surface area contributed by atoms with Crippen molar-refractivity contribution < 1.29 is 4.74 Å². The summed E-state index contributed by atoms with van der Waals surface area (Å²) in [5.74, 6) is 0.845. The molecule has 0 aliphatic heterocycles. The molecule has 0 amide bonds. The fourth-order valence-electron chi connectivity index (χ4n) is 4.10. The molecule has 152 valence electrons. The lowest BCUT2D eigenvalue weighted by Gasteiger charge is -2.36. The van der Waals surface area contributed by atoms with Crippen molar-refractivity contribution in [2.24, 2.45) is 0 Å². The third kappa shape index (κ3) is 3.93. The molecule has 4 rings (SSSR count). The second kappa shape index (κ2) is 9.28. The summed E-state index contributed by atoms with van der Waals surface area (Å²) in [6.45, 7) is 2.77. The van der Waals surface area contributed by atoms with Gasteiger partial charge in [-0.15, -0.1) is 0 Å². The summed E-state index contributed by atoms with van der Waals surface area (Å²) in [6.07, 6.45) is 2.77. The van der Waals surface area contributed by atoms with Gasteiger partial charge in [0.05, 0.1) is 12.0 Å². The number of pyridine rings is 1. The van der Waals surface area contributed by atoms with Crippen LogP contribution >= 0.6 is 0 Å². The topological polar surface area (TPSA) is 45.9 Å². The van der Waals surface area contributed by atoms with Crippen molar-refractivity contribution in [3.63, 3.8) is 0 Å². The summed E-state index contributed by atoms with van der Waals surface area (Å²) >= 11 is 0. The molecule has 0 unspecified atom stereocenters. The first kappa shape index (κ1) is 20.4. The van der Waals surface area contributed by atoms with Gasteiger partial charge in [0.15, 0.2) is 0 Å². The molecule has 0 N–H and O–H groups in total. The fourth-order valence-corrected chi connectivity index (χ4v) is 4.10. The van der Waals surface area contributed by atoms with Crippen LogP contribution in [0.25, 0.3) is 0 Å². The molecule has 0 aliphatic rings. The Bertz CT molecular complexity index is 1120. The van der Waals surface area contributed by atoms with Crippen LogP contribution in [0.15, 0.2) is 103 Å². The predicted molar refractivity (Wildman–Crippen MR) is 123 cm³/mol. The standard InChI is InChI=1S/C28H24N2O/c1-2-18-31-27-15-9-14-24(19-27)28(22-10-5-3-6-11-22,23-12-7-4-8-13-23)25-16-17-26(20-29)30-21-25/h3-17,19,21H,2,18H2,1H3. The van der Waals surface area contributed by atoms with Crippen molar-refractivity contribution in [3.05, 3.63) is 131 Å². The molecule has 0 radical (unpaired) electrons. The molecular weight excluding hydrogens is 380 g/mol. The molecule has 1 heterocycles. The predicted octanol–water partition coefficient (Wildman–Crippen LogP) is 6.12. The summed E-state index contributed by atoms with van der Waals surface area (Å²) in [5.41, 5.74) is 4.13. The molecule has 0 aliphatic carbocycles. The van der Waals surface area contributed by atoms with E-state index >= 15 is 0 Å². The van der Waals surface area contributed by atoms with Gasteiger partial charge >= 0.3 is 0 Å². The van der Waals surface area contributed by atoms with Crippen LogP contribution in [0.3, 0.4) is 0 Å². The molecule has 0 saturated carbocycles. The molecule has 0 bridgehead atoms. The molecule has 0 fully saturated rings. The van der Waals surface area contributed by atoms with Crippen LogP contribution in [0.1, 0.15) is 41.3 Å². The lowest BCUT2D eigenvalue weighted by atomic mass is 9.65. The maximum atomic E-state index is 9.27. The van der Waals surface area contributed by atoms with E-state index in [0.717, 1.165) is 34.4 Å². The summed E-state index contributed by atoms with van der Waals surface area (Å²) < 4.78 is 5.98. The van der Waals surface area contributed by atoms with E-state index < -0.39 is 5.41 Å². The molecular formula is C28H24N2O. The lowest BCUT2D eigenvalue weighted by molar-refractivity contribution is 0.317. The average molecular weight is 405 g/mol. The second-order valence-electron chi connectivity index (χ2n) is 7.40. The van der Waals surface area contributed by atoms with E-state index in [1.54, 1.807) is 6.07 Å². The van der Waals surface area contributed by atoms with Crippen LogP contribution in [-0.2, 0) is 5.41 Å². The lowest BCUT2D eigenvalue weighted by Crippen LogP contribution is -2.31. The van der Waals surface area contributed by atoms with Gasteiger partial charge in [0, 0.05) is 6.20 Å². The molecule has 31 heavy (non-hydrogen) atoms. The first-order chi connectivity index (χ1) is 15.3. The number of hydrogen-bond donors (Lipinski definition) is 0. The first-order valence-electron chi connectivity index (χ1n) is 10.5. The zero-order valence-corrected chi connectivity index (χ0v) is 17.5. The Hall–Kier alpha value is -3.90. The van der Waals surface area contributed by atoms with Gasteiger partial charge in [-0.1, -0.05) is 85.8 Å². The van der Waals surface area contributed by atoms with Gasteiger partial charge in [-0.05, 0) is 46.9 Å². The highest BCUT2D eigenvalue weighted by Gasteiger charge is 2.38. The Morgan fingerprint density at radius 1 is 0.774 bits per heavy atom. The molecule has 3 aromatic carbocycles. The van der Waals surface area contributed by atoms with Gasteiger partial charge in [0.2, 0.25) is 0 Å². The monoisotopic (exact) mass is 404 g/mol. The van der Waals surface area contributed by atoms with Crippen molar-refractivity contribution in [2.75, 3.05) is 6.61 Å². The van der Waals surface area contributed by atoms with E-state index in [-0.39, 0.29) is 0 Å². The molecule has 3 heteroatoms. The highest BCUT2D eigenvalue weighted by Crippen LogP contribution is 2.45. The van der Waals surface area contributed by atoms with E-state index in [0.29, 0.717) is 12.3 Å². The van der Waals surface area contributed by atoms with Crippen LogP contribution in [0.2, 0.25) is 0 Å². The number of rotatable bonds is 7. The van der Waals surface area contributed by atoms with E-state index in [2.05, 4.69) is 78.6 Å². The average Bonchev–Trinajstić information content (AvgIpc) is 2.85. The number of nitrogens with zero attached hydrogens (tertiary/aromatic N) is 2. The van der Waals surface area contributed by atoms with Gasteiger partial charge in [0.25, 0.3) is 0 Å². The maximum absolute atomic E-state index is 9.27. The van der Waals surface area contributed by atoms with Crippen LogP contribution in [-0.4, -0.2) is 11.6 Å². The summed E-state index contributed by atoms with van der Waals surface area (Å²) in [7, 11) is 0. The molecule has 0 saturated heterocycles. The van der Waals surface area contributed by atoms with Crippen molar-refractivity contribution in [2.45, 2.75) is 18.8 Å². The minimum absolute atomic E-state index is 0.402. The Balaban J connectivity index is 2.04. The maximum Gasteiger partial charge on any atom is 0.140 e. The van der Waals surface area contributed by atoms with E-state index in [1.807, 2.05) is 36.5 Å². The van der Waals surface area contributed by atoms with Crippen molar-refractivity contribution in [3.8, 4) is 11.8 Å². The summed E-state index contributed by atoms with van der Waals surface area (Å²) in [5, 5.41) is 9.27. The highest BCUT2D eigenvalue weighted by molar-refractivity contribution is 5.60. The largest absolute Gasteiger partial charge is 0.494 e. The second-order valence-corrected chi connectivity index (χ2v) is 7.40. The van der Waals surface area contributed by atoms with Crippen LogP contribution < -0.4 is 4.74 Å². The minimum Gasteiger partial charge on any atom is -0.494 e. The minimum atomic E-state index is -0.602. The molecule has 0 atom stereocenters. The molecule has 1 aromatic heterocycles. The Morgan fingerprint density at radius 2 is 1.42 bits per heavy atom. The number of nitriles is 1. The Morgan fingerprint density at radius 3 is 1.97 bits per heavy atom. The van der Waals surface area contributed by atoms with E-state index in [9.17, 15) is 5.26 Å². The Labute approximate surface area is 183 Å². The van der Waals surface area contributed by atoms with Crippen LogP contribution in [0, 0.1) is 11.3 Å². The van der Waals surface area contributed by atoms with Gasteiger partial charge < -0.3 is 4.74 Å². The van der Waals surface area contributed by atoms with E-state index in [1.165, 1.54) is 0 Å². The highest BCUT2D eigenvalue weighted by atomic mass is 16.5. The Kier molecular flexibility index (Phi) is 6.10. The van der Waals surface area contributed by atoms with Crippen molar-refractivity contribution in [1.82, 2.24) is 4.98 Å². The molecule has 3 nitrogen and oxygen atoms in total. The number of benzene rings is 3. The number of aromatic nitrogens is 1. The SMILES string of the molecule is CCCOc1cccc(C(c2ccccc2)(c2ccccc2)c2ccc(C#N)nc2)c1. The van der Waals surface area contributed by atoms with Gasteiger partial charge in [-0.2, -0.15) is 5.26 Å². The fraction of sp³-hybridized carbons (Fsp3) is 0.143. The van der Waals surface area contributed by atoms with E-state index in [4.69, 9.17) is 4.74 Å². The van der Waals surface area contributed by atoms with Crippen molar-refractivity contribution in [1.29, 1.82) is 5.26 Å². The quantitative estimate of drug-likeness (QED) is 0.348. The number of ether oxygens (including phenoxy) is 1. The number of hydrogen-bond acceptors (Lipinski definition) is 3. The molecule has 0 spiro atoms. The first-order valence-corrected chi connectivity index (χ1v) is 10.5. The summed E-state index contributed by atoms with van der Waals surface area (Å²) in [4.78, 5) is 4.42. The zero-order chi connectivity index (χ0) is 21.5. The smallest absolute Gasteiger partial charge is 0.140 e. The van der Waals surface area contributed by atoms with Crippen molar-refractivity contribution >= 4 is 0 Å². The third-order valence-electron chi connectivity index (χ3n) is 5.46. The van der Waals surface area contributed by atoms with Crippen LogP contribution in [0.4, 0.5) is 0 Å². The normalized spacial score (nSPS) is 11.0. The third-order valence-corrected chi connectivity index (χ3v) is 5.46.